The van der Waals surface area contributed by atoms with E-state index in [1.54, 1.807) is 42.5 Å². The number of amides is 2. The van der Waals surface area contributed by atoms with Crippen LogP contribution in [0.15, 0.2) is 47.4 Å². The van der Waals surface area contributed by atoms with Gasteiger partial charge in [0.05, 0.1) is 30.4 Å². The Morgan fingerprint density at radius 1 is 0.929 bits per heavy atom. The van der Waals surface area contributed by atoms with Gasteiger partial charge in [-0.3, -0.25) is 9.59 Å². The van der Waals surface area contributed by atoms with E-state index in [9.17, 15) is 9.59 Å². The van der Waals surface area contributed by atoms with E-state index in [0.29, 0.717) is 38.3 Å². The first-order valence-electron chi connectivity index (χ1n) is 8.65. The minimum absolute atomic E-state index is 0.138. The molecule has 146 valence electrons. The van der Waals surface area contributed by atoms with Gasteiger partial charge in [-0.2, -0.15) is 0 Å². The fourth-order valence-corrected chi connectivity index (χ4v) is 4.04. The first kappa shape index (κ1) is 20.3. The quantitative estimate of drug-likeness (QED) is 0.633. The zero-order valence-electron chi connectivity index (χ0n) is 16.0. The Hall–Kier alpha value is -2.44. The van der Waals surface area contributed by atoms with Gasteiger partial charge in [0.1, 0.15) is 0 Å². The molecular formula is C21H20ClNO4S. The summed E-state index contributed by atoms with van der Waals surface area (Å²) in [5.74, 6) is 0.246. The van der Waals surface area contributed by atoms with E-state index in [-0.39, 0.29) is 17.1 Å². The second kappa shape index (κ2) is 8.29. The summed E-state index contributed by atoms with van der Waals surface area (Å²) in [6.07, 6.45) is 0. The molecule has 1 aliphatic rings. The fraction of sp³-hybridized carbons (Fsp3) is 0.238. The predicted molar refractivity (Wildman–Crippen MR) is 113 cm³/mol. The normalized spacial score (nSPS) is 14.3. The summed E-state index contributed by atoms with van der Waals surface area (Å²) < 4.78 is 10.6. The van der Waals surface area contributed by atoms with Gasteiger partial charge >= 0.3 is 0 Å². The van der Waals surface area contributed by atoms with Crippen molar-refractivity contribution in [3.63, 3.8) is 0 Å². The van der Waals surface area contributed by atoms with Crippen molar-refractivity contribution in [3.05, 3.63) is 58.0 Å². The molecule has 0 bridgehead atoms. The van der Waals surface area contributed by atoms with Gasteiger partial charge in [-0.1, -0.05) is 37.6 Å². The number of carbonyl (C=O) groups excluding carboxylic acids is 2. The summed E-state index contributed by atoms with van der Waals surface area (Å²) in [5, 5.41) is 0.704. The number of ether oxygens (including phenoxy) is 2. The molecule has 0 spiro atoms. The molecule has 0 aliphatic carbocycles. The van der Waals surface area contributed by atoms with Gasteiger partial charge in [0.15, 0.2) is 11.5 Å². The van der Waals surface area contributed by atoms with Crippen molar-refractivity contribution >= 4 is 46.4 Å². The lowest BCUT2D eigenvalue weighted by Gasteiger charge is -2.17. The lowest BCUT2D eigenvalue weighted by molar-refractivity contribution is -0.119. The summed E-state index contributed by atoms with van der Waals surface area (Å²) in [4.78, 5) is 28.1. The Balaban J connectivity index is 2.09. The van der Waals surface area contributed by atoms with Crippen molar-refractivity contribution < 1.29 is 19.1 Å². The van der Waals surface area contributed by atoms with E-state index in [2.05, 4.69) is 0 Å². The van der Waals surface area contributed by atoms with Crippen LogP contribution in [0.25, 0.3) is 5.57 Å². The number of thioether (sulfide) groups is 1. The molecule has 2 aromatic rings. The molecule has 0 unspecified atom stereocenters. The van der Waals surface area contributed by atoms with Crippen LogP contribution in [-0.4, -0.2) is 31.3 Å². The molecule has 7 heteroatoms. The van der Waals surface area contributed by atoms with Crippen molar-refractivity contribution in [3.8, 4) is 11.5 Å². The third-order valence-electron chi connectivity index (χ3n) is 4.15. The minimum Gasteiger partial charge on any atom is -0.493 e. The highest BCUT2D eigenvalue weighted by atomic mass is 35.5. The number of hydrogen-bond acceptors (Lipinski definition) is 5. The van der Waals surface area contributed by atoms with Gasteiger partial charge in [0.2, 0.25) is 0 Å². The number of hydrogen-bond donors (Lipinski definition) is 0. The molecule has 0 atom stereocenters. The molecule has 0 radical (unpaired) electrons. The maximum absolute atomic E-state index is 13.3. The minimum atomic E-state index is -0.373. The zero-order valence-corrected chi connectivity index (χ0v) is 17.6. The van der Waals surface area contributed by atoms with E-state index in [1.807, 2.05) is 13.8 Å². The number of anilines is 1. The first-order valence-corrected chi connectivity index (χ1v) is 9.90. The van der Waals surface area contributed by atoms with Gasteiger partial charge in [-0.15, -0.1) is 11.8 Å². The Kier molecular flexibility index (Phi) is 6.01. The predicted octanol–water partition coefficient (Wildman–Crippen LogP) is 4.78. The van der Waals surface area contributed by atoms with E-state index in [1.165, 1.54) is 30.9 Å². The van der Waals surface area contributed by atoms with Gasteiger partial charge in [-0.05, 0) is 29.8 Å². The van der Waals surface area contributed by atoms with Crippen molar-refractivity contribution in [1.82, 2.24) is 0 Å². The van der Waals surface area contributed by atoms with Crippen molar-refractivity contribution in [2.75, 3.05) is 19.1 Å². The number of halogens is 1. The summed E-state index contributed by atoms with van der Waals surface area (Å²) in [5.41, 5.74) is 1.47. The summed E-state index contributed by atoms with van der Waals surface area (Å²) in [6, 6.07) is 11.9. The van der Waals surface area contributed by atoms with Gasteiger partial charge < -0.3 is 9.47 Å². The summed E-state index contributed by atoms with van der Waals surface area (Å²) in [7, 11) is 3.04. The number of nitrogens with zero attached hydrogens (tertiary/aromatic N) is 1. The van der Waals surface area contributed by atoms with Crippen LogP contribution in [0.4, 0.5) is 5.69 Å². The third-order valence-corrected chi connectivity index (χ3v) is 5.49. The van der Waals surface area contributed by atoms with Crippen LogP contribution in [0.3, 0.4) is 0 Å². The van der Waals surface area contributed by atoms with Crippen LogP contribution in [0.2, 0.25) is 5.02 Å². The fourth-order valence-electron chi connectivity index (χ4n) is 2.92. The van der Waals surface area contributed by atoms with Crippen LogP contribution in [-0.2, 0) is 9.59 Å². The van der Waals surface area contributed by atoms with Gasteiger partial charge in [-0.25, -0.2) is 4.90 Å². The second-order valence-corrected chi connectivity index (χ2v) is 8.39. The largest absolute Gasteiger partial charge is 0.493 e. The highest BCUT2D eigenvalue weighted by molar-refractivity contribution is 8.04. The molecular weight excluding hydrogens is 398 g/mol. The molecule has 0 N–H and O–H groups in total. The highest BCUT2D eigenvalue weighted by Gasteiger charge is 2.40. The lowest BCUT2D eigenvalue weighted by Crippen LogP contribution is -2.31. The molecule has 0 saturated heterocycles. The van der Waals surface area contributed by atoms with Crippen molar-refractivity contribution in [2.45, 2.75) is 19.1 Å². The average molecular weight is 418 g/mol. The maximum Gasteiger partial charge on any atom is 0.272 e. The molecule has 28 heavy (non-hydrogen) atoms. The maximum atomic E-state index is 13.3. The Morgan fingerprint density at radius 3 is 2.14 bits per heavy atom. The molecule has 0 aromatic heterocycles. The monoisotopic (exact) mass is 417 g/mol. The number of methoxy groups -OCH3 is 2. The van der Waals surface area contributed by atoms with Crippen LogP contribution >= 0.6 is 23.4 Å². The molecule has 1 aliphatic heterocycles. The van der Waals surface area contributed by atoms with Crippen molar-refractivity contribution in [2.24, 2.45) is 0 Å². The van der Waals surface area contributed by atoms with E-state index < -0.39 is 0 Å². The molecule has 3 rings (SSSR count). The van der Waals surface area contributed by atoms with Crippen LogP contribution < -0.4 is 14.4 Å². The molecule has 1 heterocycles. The van der Waals surface area contributed by atoms with Gasteiger partial charge in [0, 0.05) is 16.3 Å². The molecule has 0 fully saturated rings. The zero-order chi connectivity index (χ0) is 20.4. The molecule has 2 amide bonds. The number of imide groups is 1. The molecule has 5 nitrogen and oxygen atoms in total. The summed E-state index contributed by atoms with van der Waals surface area (Å²) >= 11 is 7.36. The molecule has 0 saturated carbocycles. The Morgan fingerprint density at radius 2 is 1.57 bits per heavy atom. The highest BCUT2D eigenvalue weighted by Crippen LogP contribution is 2.41. The standard InChI is InChI=1S/C21H20ClNO4S/c1-12(2)28-19-18(13-5-7-14(22)8-6-13)20(24)23(21(19)25)15-9-10-16(26-3)17(11-15)27-4/h5-12H,1-4H3. The number of rotatable bonds is 6. The second-order valence-electron chi connectivity index (χ2n) is 6.36. The van der Waals surface area contributed by atoms with Gasteiger partial charge in [0.25, 0.3) is 11.8 Å². The van der Waals surface area contributed by atoms with Crippen LogP contribution in [0.5, 0.6) is 11.5 Å². The van der Waals surface area contributed by atoms with Crippen LogP contribution in [0.1, 0.15) is 19.4 Å². The molecule has 2 aromatic carbocycles. The Labute approximate surface area is 173 Å². The van der Waals surface area contributed by atoms with E-state index in [4.69, 9.17) is 21.1 Å². The van der Waals surface area contributed by atoms with Crippen molar-refractivity contribution in [1.29, 1.82) is 0 Å². The smallest absolute Gasteiger partial charge is 0.272 e. The van der Waals surface area contributed by atoms with E-state index in [0.717, 1.165) is 0 Å². The topological polar surface area (TPSA) is 55.8 Å². The van der Waals surface area contributed by atoms with E-state index >= 15 is 0 Å². The van der Waals surface area contributed by atoms with Crippen LogP contribution in [0, 0.1) is 0 Å². The third kappa shape index (κ3) is 3.75. The Bertz CT molecular complexity index is 953. The number of benzene rings is 2. The first-order chi connectivity index (χ1) is 13.4. The number of carbonyl (C=O) groups is 2. The SMILES string of the molecule is COc1ccc(N2C(=O)C(SC(C)C)=C(c3ccc(Cl)cc3)C2=O)cc1OC. The summed E-state index contributed by atoms with van der Waals surface area (Å²) in [6.45, 7) is 3.96. The lowest BCUT2D eigenvalue weighted by atomic mass is 10.1. The average Bonchev–Trinajstić information content (AvgIpc) is 2.91.